The number of hydrogen-bond acceptors (Lipinski definition) is 6. The Hall–Kier alpha value is -3.93. The second-order valence-electron chi connectivity index (χ2n) is 6.54. The quantitative estimate of drug-likeness (QED) is 0.447. The average Bonchev–Trinajstić information content (AvgIpc) is 3.30. The third-order valence-corrected chi connectivity index (χ3v) is 5.69. The highest BCUT2D eigenvalue weighted by Gasteiger charge is 2.30. The number of sulfonamides is 1. The van der Waals surface area contributed by atoms with Crippen molar-refractivity contribution in [1.29, 1.82) is 0 Å². The Bertz CT molecular complexity index is 1310. The third kappa shape index (κ3) is 4.86. The van der Waals surface area contributed by atoms with Crippen LogP contribution in [0.2, 0.25) is 0 Å². The Morgan fingerprint density at radius 1 is 0.906 bits per heavy atom. The molecule has 2 aromatic carbocycles. The number of halogens is 3. The molecule has 164 valence electrons. The van der Waals surface area contributed by atoms with Crippen molar-refractivity contribution in [2.24, 2.45) is 0 Å². The molecule has 4 rings (SSSR count). The molecule has 12 heteroatoms. The number of benzene rings is 2. The number of nitrogens with zero attached hydrogens (tertiary/aromatic N) is 4. The van der Waals surface area contributed by atoms with E-state index in [2.05, 4.69) is 25.1 Å². The molecular formula is C20H15F3N6O2S. The zero-order valence-electron chi connectivity index (χ0n) is 16.2. The first-order valence-corrected chi connectivity index (χ1v) is 10.6. The molecule has 0 bridgehead atoms. The van der Waals surface area contributed by atoms with Crippen LogP contribution in [-0.2, 0) is 16.2 Å². The summed E-state index contributed by atoms with van der Waals surface area (Å²) in [7, 11) is -4.05. The van der Waals surface area contributed by atoms with Crippen molar-refractivity contribution in [1.82, 2.24) is 19.7 Å². The summed E-state index contributed by atoms with van der Waals surface area (Å²) >= 11 is 0. The van der Waals surface area contributed by atoms with Crippen LogP contribution in [0.15, 0.2) is 84.3 Å². The van der Waals surface area contributed by atoms with Gasteiger partial charge in [-0.2, -0.15) is 18.3 Å². The number of aromatic nitrogens is 4. The summed E-state index contributed by atoms with van der Waals surface area (Å²) in [6, 6.07) is 13.0. The molecule has 0 saturated heterocycles. The van der Waals surface area contributed by atoms with Gasteiger partial charge in [-0.25, -0.2) is 23.1 Å². The van der Waals surface area contributed by atoms with Crippen LogP contribution < -0.4 is 10.0 Å². The predicted octanol–water partition coefficient (Wildman–Crippen LogP) is 4.23. The first kappa shape index (κ1) is 21.3. The van der Waals surface area contributed by atoms with Crippen LogP contribution in [0.3, 0.4) is 0 Å². The smallest absolute Gasteiger partial charge is 0.340 e. The van der Waals surface area contributed by atoms with E-state index in [1.54, 1.807) is 41.3 Å². The summed E-state index contributed by atoms with van der Waals surface area (Å²) in [6.45, 7) is 0. The van der Waals surface area contributed by atoms with Crippen LogP contribution in [0, 0.1) is 0 Å². The number of alkyl halides is 3. The van der Waals surface area contributed by atoms with Gasteiger partial charge in [-0.1, -0.05) is 0 Å². The normalized spacial score (nSPS) is 11.8. The largest absolute Gasteiger partial charge is 0.416 e. The third-order valence-electron chi connectivity index (χ3n) is 4.29. The monoisotopic (exact) mass is 460 g/mol. The topological polar surface area (TPSA) is 102 Å². The molecule has 8 nitrogen and oxygen atoms in total. The first-order chi connectivity index (χ1) is 15.2. The molecule has 0 amide bonds. The van der Waals surface area contributed by atoms with Crippen LogP contribution >= 0.6 is 0 Å². The molecule has 0 fully saturated rings. The van der Waals surface area contributed by atoms with Gasteiger partial charge in [0.1, 0.15) is 12.1 Å². The SMILES string of the molecule is O=S(=O)(Nc1ccc(Nc2cc(-n3cccn3)ncn2)cc1)c1ccc(C(F)(F)F)cc1. The second-order valence-corrected chi connectivity index (χ2v) is 8.22. The fraction of sp³-hybridized carbons (Fsp3) is 0.0500. The molecule has 0 spiro atoms. The summed E-state index contributed by atoms with van der Waals surface area (Å²) in [5.41, 5.74) is -0.0460. The molecule has 0 atom stereocenters. The van der Waals surface area contributed by atoms with Gasteiger partial charge in [0.2, 0.25) is 0 Å². The van der Waals surface area contributed by atoms with Gasteiger partial charge < -0.3 is 5.32 Å². The zero-order chi connectivity index (χ0) is 22.8. The maximum Gasteiger partial charge on any atom is 0.416 e. The van der Waals surface area contributed by atoms with E-state index in [1.165, 1.54) is 18.5 Å². The van der Waals surface area contributed by atoms with Crippen molar-refractivity contribution in [3.05, 3.63) is 84.9 Å². The first-order valence-electron chi connectivity index (χ1n) is 9.10. The Kier molecular flexibility index (Phi) is 5.53. The van der Waals surface area contributed by atoms with Crippen LogP contribution in [0.25, 0.3) is 5.82 Å². The summed E-state index contributed by atoms with van der Waals surface area (Å²) in [6.07, 6.45) is 0.205. The minimum absolute atomic E-state index is 0.246. The van der Waals surface area contributed by atoms with Crippen molar-refractivity contribution < 1.29 is 21.6 Å². The molecule has 32 heavy (non-hydrogen) atoms. The molecule has 2 N–H and O–H groups in total. The van der Waals surface area contributed by atoms with Crippen molar-refractivity contribution in [2.75, 3.05) is 10.0 Å². The molecule has 0 unspecified atom stereocenters. The van der Waals surface area contributed by atoms with E-state index in [1.807, 2.05) is 0 Å². The van der Waals surface area contributed by atoms with Crippen molar-refractivity contribution in [2.45, 2.75) is 11.1 Å². The van der Waals surface area contributed by atoms with E-state index >= 15 is 0 Å². The summed E-state index contributed by atoms with van der Waals surface area (Å²) in [5, 5.41) is 7.17. The van der Waals surface area contributed by atoms with Gasteiger partial charge in [0.15, 0.2) is 5.82 Å². The molecule has 0 aliphatic rings. The van der Waals surface area contributed by atoms with Gasteiger partial charge in [0.05, 0.1) is 10.5 Å². The molecular weight excluding hydrogens is 445 g/mol. The van der Waals surface area contributed by atoms with E-state index in [0.717, 1.165) is 24.3 Å². The molecule has 0 aliphatic heterocycles. The lowest BCUT2D eigenvalue weighted by Gasteiger charge is -2.11. The average molecular weight is 460 g/mol. The number of hydrogen-bond donors (Lipinski definition) is 2. The van der Waals surface area contributed by atoms with E-state index < -0.39 is 21.8 Å². The van der Waals surface area contributed by atoms with Gasteiger partial charge in [-0.15, -0.1) is 0 Å². The summed E-state index contributed by atoms with van der Waals surface area (Å²) in [4.78, 5) is 7.99. The Morgan fingerprint density at radius 3 is 2.22 bits per heavy atom. The summed E-state index contributed by atoms with van der Waals surface area (Å²) < 4.78 is 66.8. The predicted molar refractivity (Wildman–Crippen MR) is 111 cm³/mol. The second kappa shape index (κ2) is 8.30. The van der Waals surface area contributed by atoms with E-state index in [9.17, 15) is 21.6 Å². The lowest BCUT2D eigenvalue weighted by molar-refractivity contribution is -0.137. The van der Waals surface area contributed by atoms with Crippen molar-refractivity contribution in [3.63, 3.8) is 0 Å². The Balaban J connectivity index is 1.45. The highest BCUT2D eigenvalue weighted by molar-refractivity contribution is 7.92. The number of rotatable bonds is 6. The highest BCUT2D eigenvalue weighted by Crippen LogP contribution is 2.30. The highest BCUT2D eigenvalue weighted by atomic mass is 32.2. The standard InChI is InChI=1S/C20H15F3N6O2S/c21-20(22,23)14-2-8-17(9-3-14)32(30,31)28-16-6-4-15(5-7-16)27-18-12-19(25-13-24-18)29-11-1-10-26-29/h1-13,28H,(H,24,25,27). The van der Waals surface area contributed by atoms with Gasteiger partial charge >= 0.3 is 6.18 Å². The minimum atomic E-state index is -4.54. The van der Waals surface area contributed by atoms with E-state index in [-0.39, 0.29) is 10.6 Å². The lowest BCUT2D eigenvalue weighted by atomic mass is 10.2. The van der Waals surface area contributed by atoms with Crippen LogP contribution in [0.5, 0.6) is 0 Å². The van der Waals surface area contributed by atoms with Crippen LogP contribution in [0.1, 0.15) is 5.56 Å². The zero-order valence-corrected chi connectivity index (χ0v) is 17.0. The maximum atomic E-state index is 12.7. The van der Waals surface area contributed by atoms with Gasteiger partial charge in [0.25, 0.3) is 10.0 Å². The number of nitrogens with one attached hydrogen (secondary N) is 2. The van der Waals surface area contributed by atoms with E-state index in [0.29, 0.717) is 17.3 Å². The molecule has 0 aliphatic carbocycles. The van der Waals surface area contributed by atoms with Gasteiger partial charge in [-0.05, 0) is 54.6 Å². The molecule has 0 saturated carbocycles. The maximum absolute atomic E-state index is 12.7. The Labute approximate surface area is 180 Å². The number of anilines is 3. The fourth-order valence-corrected chi connectivity index (χ4v) is 3.81. The van der Waals surface area contributed by atoms with Crippen LogP contribution in [-0.4, -0.2) is 28.2 Å². The van der Waals surface area contributed by atoms with Crippen molar-refractivity contribution >= 4 is 27.2 Å². The molecule has 0 radical (unpaired) electrons. The fourth-order valence-electron chi connectivity index (χ4n) is 2.75. The molecule has 2 aromatic heterocycles. The Morgan fingerprint density at radius 2 is 1.59 bits per heavy atom. The molecule has 2 heterocycles. The van der Waals surface area contributed by atoms with Gasteiger partial charge in [-0.3, -0.25) is 4.72 Å². The van der Waals surface area contributed by atoms with Crippen molar-refractivity contribution in [3.8, 4) is 5.82 Å². The van der Waals surface area contributed by atoms with Crippen LogP contribution in [0.4, 0.5) is 30.4 Å². The lowest BCUT2D eigenvalue weighted by Crippen LogP contribution is -2.13. The molecule has 4 aromatic rings. The summed E-state index contributed by atoms with van der Waals surface area (Å²) in [5.74, 6) is 1.07. The van der Waals surface area contributed by atoms with E-state index in [4.69, 9.17) is 0 Å². The van der Waals surface area contributed by atoms with Gasteiger partial charge in [0, 0.05) is 29.8 Å². The minimum Gasteiger partial charge on any atom is -0.340 e.